The van der Waals surface area contributed by atoms with Crippen molar-refractivity contribution in [1.29, 1.82) is 0 Å². The first-order valence-corrected chi connectivity index (χ1v) is 5.24. The molecule has 1 rings (SSSR count). The van der Waals surface area contributed by atoms with E-state index in [1.54, 1.807) is 6.08 Å². The normalized spacial score (nSPS) is 11.4. The van der Waals surface area contributed by atoms with Crippen molar-refractivity contribution in [2.45, 2.75) is 6.92 Å². The zero-order valence-electron chi connectivity index (χ0n) is 7.74. The third-order valence-electron chi connectivity index (χ3n) is 1.88. The summed E-state index contributed by atoms with van der Waals surface area (Å²) >= 11 is 3.09. The molecule has 0 unspecified atom stereocenters. The van der Waals surface area contributed by atoms with Crippen molar-refractivity contribution in [1.82, 2.24) is 0 Å². The first kappa shape index (κ1) is 10.9. The Bertz CT molecular complexity index is 374. The second-order valence-corrected chi connectivity index (χ2v) is 3.44. The highest BCUT2D eigenvalue weighted by atomic mass is 79.9. The van der Waals surface area contributed by atoms with Crippen LogP contribution in [0.1, 0.15) is 11.1 Å². The quantitative estimate of drug-likeness (QED) is 0.474. The van der Waals surface area contributed by atoms with Crippen molar-refractivity contribution in [3.63, 3.8) is 0 Å². The number of aryl methyl sites for hydroxylation is 1. The van der Waals surface area contributed by atoms with Crippen LogP contribution in [-0.2, 0) is 0 Å². The van der Waals surface area contributed by atoms with Gasteiger partial charge in [0.25, 0.3) is 5.70 Å². The molecule has 14 heavy (non-hydrogen) atoms. The Morgan fingerprint density at radius 2 is 2.21 bits per heavy atom. The molecule has 0 spiro atoms. The number of hydrogen-bond acceptors (Lipinski definition) is 2. The molecule has 3 nitrogen and oxygen atoms in total. The van der Waals surface area contributed by atoms with Gasteiger partial charge in [-0.3, -0.25) is 10.1 Å². The molecule has 74 valence electrons. The lowest BCUT2D eigenvalue weighted by atomic mass is 10.1. The number of rotatable bonds is 3. The molecule has 0 aromatic heterocycles. The number of nitrogens with zero attached hydrogens (tertiary/aromatic N) is 1. The van der Waals surface area contributed by atoms with E-state index in [4.69, 9.17) is 0 Å². The average Bonchev–Trinajstić information content (AvgIpc) is 2.16. The predicted molar refractivity (Wildman–Crippen MR) is 59.9 cm³/mol. The summed E-state index contributed by atoms with van der Waals surface area (Å²) in [6.07, 6.45) is 1.59. The highest BCUT2D eigenvalue weighted by Gasteiger charge is 2.08. The Labute approximate surface area is 90.7 Å². The van der Waals surface area contributed by atoms with Gasteiger partial charge in [0.05, 0.1) is 10.3 Å². The fraction of sp³-hybridized carbons (Fsp3) is 0.200. The maximum atomic E-state index is 10.6. The molecule has 0 N–H and O–H groups in total. The van der Waals surface area contributed by atoms with Crippen molar-refractivity contribution >= 4 is 22.0 Å². The van der Waals surface area contributed by atoms with E-state index < -0.39 is 0 Å². The van der Waals surface area contributed by atoms with E-state index in [1.807, 2.05) is 31.2 Å². The number of nitro groups is 1. The molecule has 0 saturated heterocycles. The molecule has 0 radical (unpaired) electrons. The molecule has 1 aromatic carbocycles. The van der Waals surface area contributed by atoms with Gasteiger partial charge in [-0.25, -0.2) is 0 Å². The van der Waals surface area contributed by atoms with Gasteiger partial charge in [0, 0.05) is 6.08 Å². The fourth-order valence-corrected chi connectivity index (χ4v) is 1.43. The fourth-order valence-electron chi connectivity index (χ4n) is 1.07. The first-order valence-electron chi connectivity index (χ1n) is 4.11. The monoisotopic (exact) mass is 255 g/mol. The largest absolute Gasteiger partial charge is 0.259 e. The van der Waals surface area contributed by atoms with E-state index in [0.29, 0.717) is 0 Å². The van der Waals surface area contributed by atoms with Crippen LogP contribution in [0.15, 0.2) is 30.0 Å². The van der Waals surface area contributed by atoms with Crippen LogP contribution in [0.25, 0.3) is 6.08 Å². The standard InChI is InChI=1S/C10H10BrNO2/c1-8-4-2-3-5-9(8)6-10(7-11)12(13)14/h2-6H,7H2,1H3/b10-6+. The average molecular weight is 256 g/mol. The smallest absolute Gasteiger partial charge is 0.257 e. The lowest BCUT2D eigenvalue weighted by Crippen LogP contribution is -1.99. The van der Waals surface area contributed by atoms with E-state index in [9.17, 15) is 10.1 Å². The Balaban J connectivity index is 3.07. The van der Waals surface area contributed by atoms with Gasteiger partial charge in [-0.05, 0) is 18.1 Å². The second kappa shape index (κ2) is 4.91. The third-order valence-corrected chi connectivity index (χ3v) is 2.46. The SMILES string of the molecule is Cc1ccccc1/C=C(\CBr)[N+](=O)[O-]. The van der Waals surface area contributed by atoms with Gasteiger partial charge in [0.1, 0.15) is 0 Å². The minimum absolute atomic E-state index is 0.166. The minimum Gasteiger partial charge on any atom is -0.259 e. The van der Waals surface area contributed by atoms with Crippen molar-refractivity contribution in [3.8, 4) is 0 Å². The van der Waals surface area contributed by atoms with E-state index >= 15 is 0 Å². The zero-order valence-corrected chi connectivity index (χ0v) is 9.32. The molecule has 0 heterocycles. The lowest BCUT2D eigenvalue weighted by molar-refractivity contribution is -0.421. The van der Waals surface area contributed by atoms with Crippen LogP contribution in [0.2, 0.25) is 0 Å². The van der Waals surface area contributed by atoms with Crippen molar-refractivity contribution in [2.24, 2.45) is 0 Å². The molecule has 0 aliphatic heterocycles. The summed E-state index contributed by atoms with van der Waals surface area (Å²) in [7, 11) is 0. The number of benzene rings is 1. The topological polar surface area (TPSA) is 43.1 Å². The molecule has 0 fully saturated rings. The zero-order chi connectivity index (χ0) is 10.6. The van der Waals surface area contributed by atoms with E-state index in [-0.39, 0.29) is 16.0 Å². The van der Waals surface area contributed by atoms with Crippen LogP contribution in [0, 0.1) is 17.0 Å². The van der Waals surface area contributed by atoms with Crippen LogP contribution >= 0.6 is 15.9 Å². The maximum absolute atomic E-state index is 10.6. The number of alkyl halides is 1. The molecule has 0 bridgehead atoms. The van der Waals surface area contributed by atoms with Gasteiger partial charge in [-0.15, -0.1) is 0 Å². The van der Waals surface area contributed by atoms with Crippen LogP contribution in [0.5, 0.6) is 0 Å². The summed E-state index contributed by atoms with van der Waals surface area (Å²) in [4.78, 5) is 10.2. The Morgan fingerprint density at radius 1 is 1.57 bits per heavy atom. The van der Waals surface area contributed by atoms with Crippen LogP contribution < -0.4 is 0 Å². The van der Waals surface area contributed by atoms with E-state index in [2.05, 4.69) is 15.9 Å². The van der Waals surface area contributed by atoms with Gasteiger partial charge in [0.2, 0.25) is 0 Å². The third kappa shape index (κ3) is 2.67. The molecule has 1 aromatic rings. The van der Waals surface area contributed by atoms with Gasteiger partial charge in [0.15, 0.2) is 0 Å². The van der Waals surface area contributed by atoms with Crippen LogP contribution in [-0.4, -0.2) is 10.3 Å². The van der Waals surface area contributed by atoms with Gasteiger partial charge in [-0.2, -0.15) is 0 Å². The van der Waals surface area contributed by atoms with Crippen LogP contribution in [0.4, 0.5) is 0 Å². The lowest BCUT2D eigenvalue weighted by Gasteiger charge is -1.98. The van der Waals surface area contributed by atoms with Gasteiger partial charge in [-0.1, -0.05) is 40.2 Å². The summed E-state index contributed by atoms with van der Waals surface area (Å²) < 4.78 is 0. The molecule has 0 saturated carbocycles. The van der Waals surface area contributed by atoms with Crippen molar-refractivity contribution < 1.29 is 4.92 Å². The Kier molecular flexibility index (Phi) is 3.83. The van der Waals surface area contributed by atoms with E-state index in [1.165, 1.54) is 0 Å². The number of halogens is 1. The molecule has 0 aliphatic carbocycles. The molecular formula is C10H10BrNO2. The van der Waals surface area contributed by atoms with Gasteiger partial charge >= 0.3 is 0 Å². The highest BCUT2D eigenvalue weighted by Crippen LogP contribution is 2.13. The minimum atomic E-state index is -0.374. The molecular weight excluding hydrogens is 246 g/mol. The molecule has 0 aliphatic rings. The maximum Gasteiger partial charge on any atom is 0.257 e. The second-order valence-electron chi connectivity index (χ2n) is 2.88. The first-order chi connectivity index (χ1) is 6.65. The van der Waals surface area contributed by atoms with E-state index in [0.717, 1.165) is 11.1 Å². The summed E-state index contributed by atoms with van der Waals surface area (Å²) in [5, 5.41) is 10.8. The number of allylic oxidation sites excluding steroid dienone is 1. The predicted octanol–water partition coefficient (Wildman–Crippen LogP) is 3.01. The molecule has 0 atom stereocenters. The summed E-state index contributed by atoms with van der Waals surface area (Å²) in [6, 6.07) is 7.57. The summed E-state index contributed by atoms with van der Waals surface area (Å²) in [5.74, 6) is 0. The van der Waals surface area contributed by atoms with Crippen molar-refractivity contribution in [2.75, 3.05) is 5.33 Å². The van der Waals surface area contributed by atoms with Crippen LogP contribution in [0.3, 0.4) is 0 Å². The highest BCUT2D eigenvalue weighted by molar-refractivity contribution is 9.09. The summed E-state index contributed by atoms with van der Waals surface area (Å²) in [6.45, 7) is 1.93. The Morgan fingerprint density at radius 3 is 2.71 bits per heavy atom. The summed E-state index contributed by atoms with van der Waals surface area (Å²) in [5.41, 5.74) is 2.09. The van der Waals surface area contributed by atoms with Gasteiger partial charge < -0.3 is 0 Å². The number of hydrogen-bond donors (Lipinski definition) is 0. The van der Waals surface area contributed by atoms with Crippen molar-refractivity contribution in [3.05, 3.63) is 51.2 Å². The Hall–Kier alpha value is -1.16. The molecule has 4 heteroatoms. The molecule has 0 amide bonds.